The molecule has 59 heavy (non-hydrogen) atoms. The summed E-state index contributed by atoms with van der Waals surface area (Å²) in [5, 5.41) is 8.03. The Morgan fingerprint density at radius 3 is 1.42 bits per heavy atom. The SMILES string of the molecule is c1ccc(-c2ccc(N(c3ccc(-c4ccc5c6c(cccc46)C54c5cccc6cccc4c56)cc3)c3ccc(-n4c5ccccc5c5ccccc54)cc3)cc2)cc1. The minimum atomic E-state index is -0.110. The van der Waals surface area contributed by atoms with Crippen LogP contribution in [0.3, 0.4) is 0 Å². The van der Waals surface area contributed by atoms with Crippen molar-refractivity contribution in [1.82, 2.24) is 4.57 Å². The van der Waals surface area contributed by atoms with E-state index in [1.807, 2.05) is 0 Å². The molecule has 0 saturated carbocycles. The van der Waals surface area contributed by atoms with Crippen LogP contribution in [0.25, 0.3) is 71.3 Å². The smallest absolute Gasteiger partial charge is 0.0725 e. The van der Waals surface area contributed by atoms with E-state index in [4.69, 9.17) is 0 Å². The van der Waals surface area contributed by atoms with Gasteiger partial charge in [0.25, 0.3) is 0 Å². The van der Waals surface area contributed by atoms with Gasteiger partial charge in [-0.15, -0.1) is 0 Å². The van der Waals surface area contributed by atoms with E-state index in [9.17, 15) is 0 Å². The van der Waals surface area contributed by atoms with Gasteiger partial charge in [0.2, 0.25) is 0 Å². The van der Waals surface area contributed by atoms with E-state index in [1.165, 1.54) is 87.9 Å². The fraction of sp³-hybridized carbons (Fsp3) is 0.0175. The molecule has 0 radical (unpaired) electrons. The summed E-state index contributed by atoms with van der Waals surface area (Å²) in [6, 6.07) is 80.4. The maximum atomic E-state index is 2.40. The first-order valence-corrected chi connectivity index (χ1v) is 20.5. The number of aromatic nitrogens is 1. The number of fused-ring (bicyclic) bond motifs is 7. The third-order valence-corrected chi connectivity index (χ3v) is 13.2. The first-order valence-electron chi connectivity index (χ1n) is 20.5. The second-order valence-electron chi connectivity index (χ2n) is 16.0. The fourth-order valence-corrected chi connectivity index (χ4v) is 10.6. The summed E-state index contributed by atoms with van der Waals surface area (Å²) in [5.41, 5.74) is 17.4. The molecule has 2 aliphatic carbocycles. The summed E-state index contributed by atoms with van der Waals surface area (Å²) in [6.45, 7) is 0. The second kappa shape index (κ2) is 12.2. The molecule has 0 fully saturated rings. The van der Waals surface area contributed by atoms with Crippen molar-refractivity contribution in [3.63, 3.8) is 0 Å². The highest BCUT2D eigenvalue weighted by molar-refractivity contribution is 6.14. The lowest BCUT2D eigenvalue weighted by molar-refractivity contribution is 0.701. The molecular weight excluding hydrogens is 713 g/mol. The average Bonchev–Trinajstić information content (AvgIpc) is 3.64. The first kappa shape index (κ1) is 32.4. The highest BCUT2D eigenvalue weighted by Crippen LogP contribution is 2.65. The number of hydrogen-bond acceptors (Lipinski definition) is 1. The zero-order valence-corrected chi connectivity index (χ0v) is 32.2. The summed E-state index contributed by atoms with van der Waals surface area (Å²) in [7, 11) is 0. The number of hydrogen-bond donors (Lipinski definition) is 0. The van der Waals surface area contributed by atoms with Crippen molar-refractivity contribution in [2.75, 3.05) is 4.90 Å². The lowest BCUT2D eigenvalue weighted by atomic mass is 9.49. The van der Waals surface area contributed by atoms with Crippen molar-refractivity contribution < 1.29 is 0 Å². The number of rotatable bonds is 6. The van der Waals surface area contributed by atoms with Crippen LogP contribution in [0.2, 0.25) is 0 Å². The van der Waals surface area contributed by atoms with Crippen LogP contribution in [0.15, 0.2) is 218 Å². The number of anilines is 3. The van der Waals surface area contributed by atoms with E-state index in [0.717, 1.165) is 22.7 Å². The third-order valence-electron chi connectivity index (χ3n) is 13.2. The summed E-state index contributed by atoms with van der Waals surface area (Å²) in [6.07, 6.45) is 0. The molecule has 1 heterocycles. The van der Waals surface area contributed by atoms with Gasteiger partial charge in [-0.05, 0) is 127 Å². The number of para-hydroxylation sites is 2. The molecular formula is C57H36N2. The average molecular weight is 749 g/mol. The zero-order valence-electron chi connectivity index (χ0n) is 32.2. The van der Waals surface area contributed by atoms with Gasteiger partial charge in [-0.25, -0.2) is 0 Å². The Morgan fingerprint density at radius 2 is 0.797 bits per heavy atom. The van der Waals surface area contributed by atoms with Crippen molar-refractivity contribution >= 4 is 60.4 Å². The van der Waals surface area contributed by atoms with Crippen LogP contribution < -0.4 is 4.90 Å². The predicted molar refractivity (Wildman–Crippen MR) is 247 cm³/mol. The Bertz CT molecular complexity index is 3360. The zero-order chi connectivity index (χ0) is 38.7. The molecule has 0 atom stereocenters. The molecule has 10 aromatic carbocycles. The van der Waals surface area contributed by atoms with Crippen LogP contribution in [0.5, 0.6) is 0 Å². The highest BCUT2D eigenvalue weighted by Gasteiger charge is 2.54. The van der Waals surface area contributed by atoms with E-state index in [2.05, 4.69) is 228 Å². The molecule has 0 aliphatic heterocycles. The molecule has 0 N–H and O–H groups in total. The van der Waals surface area contributed by atoms with Crippen LogP contribution in [-0.2, 0) is 5.41 Å². The lowest BCUT2D eigenvalue weighted by Gasteiger charge is -2.52. The molecule has 2 nitrogen and oxygen atoms in total. The molecule has 274 valence electrons. The van der Waals surface area contributed by atoms with Crippen molar-refractivity contribution in [3.8, 4) is 27.9 Å². The van der Waals surface area contributed by atoms with E-state index < -0.39 is 0 Å². The van der Waals surface area contributed by atoms with E-state index in [-0.39, 0.29) is 5.41 Å². The molecule has 1 spiro atoms. The van der Waals surface area contributed by atoms with Crippen LogP contribution in [0.4, 0.5) is 17.1 Å². The normalized spacial score (nSPS) is 13.2. The van der Waals surface area contributed by atoms with Gasteiger partial charge in [-0.2, -0.15) is 0 Å². The minimum absolute atomic E-state index is 0.110. The van der Waals surface area contributed by atoms with E-state index >= 15 is 0 Å². The van der Waals surface area contributed by atoms with Crippen molar-refractivity contribution in [1.29, 1.82) is 0 Å². The Balaban J connectivity index is 0.897. The third kappa shape index (κ3) is 4.40. The largest absolute Gasteiger partial charge is 0.311 e. The Labute approximate surface area is 342 Å². The molecule has 1 aromatic heterocycles. The quantitative estimate of drug-likeness (QED) is 0.164. The number of benzene rings is 10. The first-order chi connectivity index (χ1) is 29.3. The molecule has 2 aliphatic rings. The van der Waals surface area contributed by atoms with Crippen molar-refractivity contribution in [2.24, 2.45) is 0 Å². The topological polar surface area (TPSA) is 8.17 Å². The van der Waals surface area contributed by atoms with Gasteiger partial charge < -0.3 is 9.47 Å². The van der Waals surface area contributed by atoms with Crippen molar-refractivity contribution in [3.05, 3.63) is 241 Å². The summed E-state index contributed by atoms with van der Waals surface area (Å²) in [4.78, 5) is 2.37. The molecule has 2 heteroatoms. The van der Waals surface area contributed by atoms with Crippen molar-refractivity contribution in [2.45, 2.75) is 5.41 Å². The summed E-state index contributed by atoms with van der Waals surface area (Å²) in [5.74, 6) is 0. The van der Waals surface area contributed by atoms with Gasteiger partial charge in [0.1, 0.15) is 0 Å². The van der Waals surface area contributed by atoms with Crippen LogP contribution >= 0.6 is 0 Å². The van der Waals surface area contributed by atoms with Gasteiger partial charge in [0.15, 0.2) is 0 Å². The van der Waals surface area contributed by atoms with E-state index in [0.29, 0.717) is 0 Å². The Kier molecular flexibility index (Phi) is 6.68. The van der Waals surface area contributed by atoms with Crippen LogP contribution in [0, 0.1) is 0 Å². The molecule has 0 unspecified atom stereocenters. The van der Waals surface area contributed by atoms with Gasteiger partial charge in [0, 0.05) is 33.5 Å². The minimum Gasteiger partial charge on any atom is -0.311 e. The van der Waals surface area contributed by atoms with Crippen LogP contribution in [0.1, 0.15) is 22.3 Å². The highest BCUT2D eigenvalue weighted by atomic mass is 15.1. The van der Waals surface area contributed by atoms with Gasteiger partial charge in [0.05, 0.1) is 16.4 Å². The second-order valence-corrected chi connectivity index (χ2v) is 16.0. The lowest BCUT2D eigenvalue weighted by Crippen LogP contribution is -2.43. The van der Waals surface area contributed by atoms with Gasteiger partial charge in [-0.1, -0.05) is 158 Å². The summed E-state index contributed by atoms with van der Waals surface area (Å²) < 4.78 is 2.38. The monoisotopic (exact) mass is 748 g/mol. The van der Waals surface area contributed by atoms with Gasteiger partial charge >= 0.3 is 0 Å². The van der Waals surface area contributed by atoms with Crippen LogP contribution in [-0.4, -0.2) is 4.57 Å². The Morgan fingerprint density at radius 1 is 0.322 bits per heavy atom. The molecule has 13 rings (SSSR count). The summed E-state index contributed by atoms with van der Waals surface area (Å²) >= 11 is 0. The predicted octanol–water partition coefficient (Wildman–Crippen LogP) is 14.9. The molecule has 0 bridgehead atoms. The maximum absolute atomic E-state index is 2.40. The number of nitrogens with zero attached hydrogens (tertiary/aromatic N) is 2. The molecule has 0 saturated heterocycles. The fourth-order valence-electron chi connectivity index (χ4n) is 10.6. The van der Waals surface area contributed by atoms with E-state index in [1.54, 1.807) is 0 Å². The molecule has 0 amide bonds. The molecule has 11 aromatic rings. The maximum Gasteiger partial charge on any atom is 0.0725 e. The Hall–Kier alpha value is -7.68. The van der Waals surface area contributed by atoms with Gasteiger partial charge in [-0.3, -0.25) is 0 Å². The standard InChI is InChI=1S/C57H36N2/c1-2-11-37(12-3-1)38-23-27-41(28-24-38)58(43-31-33-44(34-32-43)59-53-21-6-4-15-46(53)47-16-5-7-22-54(47)59)42-29-25-39(26-30-42)45-35-36-52-56-48(45)17-10-20-51(56)57(52)49-18-8-13-40-14-9-19-50(57)55(40)49/h1-36H.